The van der Waals surface area contributed by atoms with Crippen LogP contribution in [0.1, 0.15) is 6.42 Å². The molecule has 2 aromatic rings. The standard InChI is InChI=1S/C15H19N3O3/c16-7-4-9-20-14-11-15(19)18(17-12-14)8-10-21-13-5-2-1-3-6-13/h1-3,5-6,11-12H,4,7-10,16H2. The van der Waals surface area contributed by atoms with E-state index in [4.69, 9.17) is 15.2 Å². The van der Waals surface area contributed by atoms with Gasteiger partial charge in [-0.1, -0.05) is 18.2 Å². The van der Waals surface area contributed by atoms with Crippen molar-refractivity contribution in [2.24, 2.45) is 5.73 Å². The van der Waals surface area contributed by atoms with Crippen LogP contribution in [0.5, 0.6) is 11.5 Å². The molecule has 0 spiro atoms. The van der Waals surface area contributed by atoms with Crippen LogP contribution in [0.4, 0.5) is 0 Å². The van der Waals surface area contributed by atoms with Crippen molar-refractivity contribution in [3.05, 3.63) is 52.9 Å². The van der Waals surface area contributed by atoms with Crippen molar-refractivity contribution in [2.75, 3.05) is 19.8 Å². The minimum absolute atomic E-state index is 0.211. The van der Waals surface area contributed by atoms with E-state index in [2.05, 4.69) is 5.10 Å². The van der Waals surface area contributed by atoms with Crippen LogP contribution in [0.15, 0.2) is 47.4 Å². The van der Waals surface area contributed by atoms with Crippen LogP contribution in [-0.4, -0.2) is 29.5 Å². The van der Waals surface area contributed by atoms with Crippen LogP contribution < -0.4 is 20.8 Å². The van der Waals surface area contributed by atoms with Gasteiger partial charge in [-0.15, -0.1) is 0 Å². The summed E-state index contributed by atoms with van der Waals surface area (Å²) < 4.78 is 12.2. The van der Waals surface area contributed by atoms with Gasteiger partial charge in [0, 0.05) is 6.07 Å². The number of rotatable bonds is 8. The second-order valence-electron chi connectivity index (χ2n) is 4.40. The molecule has 1 heterocycles. The zero-order valence-corrected chi connectivity index (χ0v) is 11.8. The summed E-state index contributed by atoms with van der Waals surface area (Å²) in [4.78, 5) is 11.9. The van der Waals surface area contributed by atoms with Gasteiger partial charge >= 0.3 is 0 Å². The van der Waals surface area contributed by atoms with E-state index in [1.807, 2.05) is 30.3 Å². The zero-order valence-electron chi connectivity index (χ0n) is 11.8. The van der Waals surface area contributed by atoms with E-state index in [0.717, 1.165) is 12.2 Å². The van der Waals surface area contributed by atoms with Crippen molar-refractivity contribution in [3.8, 4) is 11.5 Å². The number of nitrogens with two attached hydrogens (primary N) is 1. The first-order valence-electron chi connectivity index (χ1n) is 6.87. The summed E-state index contributed by atoms with van der Waals surface area (Å²) in [5.41, 5.74) is 5.16. The van der Waals surface area contributed by atoms with Gasteiger partial charge in [-0.2, -0.15) is 5.10 Å². The summed E-state index contributed by atoms with van der Waals surface area (Å²) in [5.74, 6) is 1.24. The number of hydrogen-bond acceptors (Lipinski definition) is 5. The highest BCUT2D eigenvalue weighted by atomic mass is 16.5. The lowest BCUT2D eigenvalue weighted by Gasteiger charge is -2.08. The Hall–Kier alpha value is -2.34. The number of hydrogen-bond donors (Lipinski definition) is 1. The molecule has 0 radical (unpaired) electrons. The van der Waals surface area contributed by atoms with Gasteiger partial charge in [0.1, 0.15) is 18.1 Å². The molecule has 6 nitrogen and oxygen atoms in total. The quantitative estimate of drug-likeness (QED) is 0.735. The van der Waals surface area contributed by atoms with Crippen molar-refractivity contribution in [2.45, 2.75) is 13.0 Å². The summed E-state index contributed by atoms with van der Waals surface area (Å²) in [6.45, 7) is 1.81. The van der Waals surface area contributed by atoms with Crippen molar-refractivity contribution < 1.29 is 9.47 Å². The maximum absolute atomic E-state index is 11.9. The van der Waals surface area contributed by atoms with Gasteiger partial charge in [0.25, 0.3) is 5.56 Å². The molecule has 1 aromatic carbocycles. The number of nitrogens with zero attached hydrogens (tertiary/aromatic N) is 2. The Morgan fingerprint density at radius 2 is 1.86 bits per heavy atom. The Morgan fingerprint density at radius 3 is 2.57 bits per heavy atom. The highest BCUT2D eigenvalue weighted by molar-refractivity contribution is 5.20. The molecule has 0 unspecified atom stereocenters. The Bertz CT molecular complexity index is 599. The van der Waals surface area contributed by atoms with Gasteiger partial charge < -0.3 is 15.2 Å². The smallest absolute Gasteiger partial charge is 0.270 e. The first-order valence-corrected chi connectivity index (χ1v) is 6.87. The molecular weight excluding hydrogens is 270 g/mol. The van der Waals surface area contributed by atoms with Gasteiger partial charge in [-0.05, 0) is 25.1 Å². The molecule has 2 rings (SSSR count). The summed E-state index contributed by atoms with van der Waals surface area (Å²) in [6, 6.07) is 10.9. The fraction of sp³-hybridized carbons (Fsp3) is 0.333. The molecule has 1 aromatic heterocycles. The van der Waals surface area contributed by atoms with Crippen molar-refractivity contribution >= 4 is 0 Å². The summed E-state index contributed by atoms with van der Waals surface area (Å²) in [5, 5.41) is 4.06. The third kappa shape index (κ3) is 4.92. The first kappa shape index (κ1) is 15.1. The van der Waals surface area contributed by atoms with E-state index in [-0.39, 0.29) is 5.56 Å². The molecule has 0 aliphatic rings. The first-order chi connectivity index (χ1) is 10.3. The largest absolute Gasteiger partial charge is 0.492 e. The molecule has 21 heavy (non-hydrogen) atoms. The van der Waals surface area contributed by atoms with Gasteiger partial charge in [0.2, 0.25) is 0 Å². The van der Waals surface area contributed by atoms with Crippen molar-refractivity contribution in [3.63, 3.8) is 0 Å². The second kappa shape index (κ2) is 8.06. The Balaban J connectivity index is 1.85. The maximum atomic E-state index is 11.9. The molecule has 112 valence electrons. The van der Waals surface area contributed by atoms with Crippen molar-refractivity contribution in [1.82, 2.24) is 9.78 Å². The fourth-order valence-electron chi connectivity index (χ4n) is 1.70. The summed E-state index contributed by atoms with van der Waals surface area (Å²) >= 11 is 0. The van der Waals surface area contributed by atoms with E-state index in [1.54, 1.807) is 0 Å². The molecular formula is C15H19N3O3. The fourth-order valence-corrected chi connectivity index (χ4v) is 1.70. The zero-order chi connectivity index (χ0) is 14.9. The number of para-hydroxylation sites is 1. The minimum atomic E-state index is -0.211. The second-order valence-corrected chi connectivity index (χ2v) is 4.40. The molecule has 0 saturated heterocycles. The average molecular weight is 289 g/mol. The lowest BCUT2D eigenvalue weighted by Crippen LogP contribution is -2.25. The molecule has 0 bridgehead atoms. The lowest BCUT2D eigenvalue weighted by atomic mass is 10.3. The van der Waals surface area contributed by atoms with Crippen LogP contribution in [0.25, 0.3) is 0 Å². The van der Waals surface area contributed by atoms with Crippen LogP contribution in [0.2, 0.25) is 0 Å². The molecule has 0 atom stereocenters. The van der Waals surface area contributed by atoms with E-state index in [9.17, 15) is 4.79 Å². The molecule has 0 aliphatic heterocycles. The maximum Gasteiger partial charge on any atom is 0.270 e. The summed E-state index contributed by atoms with van der Waals surface area (Å²) in [6.07, 6.45) is 2.27. The molecule has 0 amide bonds. The van der Waals surface area contributed by atoms with Crippen LogP contribution in [-0.2, 0) is 6.54 Å². The number of aromatic nitrogens is 2. The monoisotopic (exact) mass is 289 g/mol. The number of ether oxygens (including phenoxy) is 2. The Kier molecular flexibility index (Phi) is 5.78. The van der Waals surface area contributed by atoms with Crippen LogP contribution in [0.3, 0.4) is 0 Å². The van der Waals surface area contributed by atoms with Gasteiger partial charge in [-0.25, -0.2) is 4.68 Å². The Labute approximate surface area is 123 Å². The molecule has 2 N–H and O–H groups in total. The molecule has 0 aliphatic carbocycles. The van der Waals surface area contributed by atoms with E-state index < -0.39 is 0 Å². The third-order valence-electron chi connectivity index (χ3n) is 2.78. The Morgan fingerprint density at radius 1 is 1.10 bits per heavy atom. The third-order valence-corrected chi connectivity index (χ3v) is 2.78. The predicted octanol–water partition coefficient (Wildman–Crippen LogP) is 1.05. The van der Waals surface area contributed by atoms with Gasteiger partial charge in [-0.3, -0.25) is 4.79 Å². The minimum Gasteiger partial charge on any atom is -0.492 e. The highest BCUT2D eigenvalue weighted by Crippen LogP contribution is 2.08. The lowest BCUT2D eigenvalue weighted by molar-refractivity contribution is 0.283. The normalized spacial score (nSPS) is 10.3. The van der Waals surface area contributed by atoms with Crippen LogP contribution >= 0.6 is 0 Å². The van der Waals surface area contributed by atoms with E-state index in [1.165, 1.54) is 16.9 Å². The SMILES string of the molecule is NCCCOc1cnn(CCOc2ccccc2)c(=O)c1. The van der Waals surface area contributed by atoms with Crippen molar-refractivity contribution in [1.29, 1.82) is 0 Å². The topological polar surface area (TPSA) is 79.4 Å². The summed E-state index contributed by atoms with van der Waals surface area (Å²) in [7, 11) is 0. The van der Waals surface area contributed by atoms with Crippen LogP contribution in [0, 0.1) is 0 Å². The van der Waals surface area contributed by atoms with E-state index >= 15 is 0 Å². The molecule has 6 heteroatoms. The van der Waals surface area contributed by atoms with Gasteiger partial charge in [0.15, 0.2) is 0 Å². The molecule has 0 fully saturated rings. The molecule has 0 saturated carbocycles. The van der Waals surface area contributed by atoms with E-state index in [0.29, 0.717) is 32.1 Å². The predicted molar refractivity (Wildman–Crippen MR) is 79.6 cm³/mol. The van der Waals surface area contributed by atoms with Gasteiger partial charge in [0.05, 0.1) is 19.3 Å². The average Bonchev–Trinajstić information content (AvgIpc) is 2.51. The number of benzene rings is 1. The highest BCUT2D eigenvalue weighted by Gasteiger charge is 2.01.